The Morgan fingerprint density at radius 2 is 2.30 bits per heavy atom. The molecular weight excluding hydrogens is 132 g/mol. The molecule has 0 heterocycles. The molecule has 0 aromatic rings. The summed E-state index contributed by atoms with van der Waals surface area (Å²) >= 11 is 0. The minimum absolute atomic E-state index is 0.227. The third kappa shape index (κ3) is 1.99. The Kier molecular flexibility index (Phi) is 1.94. The van der Waals surface area contributed by atoms with E-state index in [0.717, 1.165) is 12.8 Å². The third-order valence-electron chi connectivity index (χ3n) is 1.81. The van der Waals surface area contributed by atoms with Crippen LogP contribution < -0.4 is 0 Å². The van der Waals surface area contributed by atoms with Crippen molar-refractivity contribution in [3.8, 4) is 0 Å². The molecule has 0 atom stereocenters. The van der Waals surface area contributed by atoms with Crippen LogP contribution in [0, 0.1) is 5.41 Å². The first kappa shape index (κ1) is 7.54. The summed E-state index contributed by atoms with van der Waals surface area (Å²) in [5.41, 5.74) is 0.227. The molecule has 0 amide bonds. The molecular formula is C7H12O3. The smallest absolute Gasteiger partial charge is 0.331 e. The van der Waals surface area contributed by atoms with E-state index in [1.807, 2.05) is 0 Å². The fourth-order valence-electron chi connectivity index (χ4n) is 0.658. The van der Waals surface area contributed by atoms with Crippen molar-refractivity contribution >= 4 is 5.97 Å². The summed E-state index contributed by atoms with van der Waals surface area (Å²) in [4.78, 5) is 10.4. The molecule has 1 rings (SSSR count). The van der Waals surface area contributed by atoms with Gasteiger partial charge in [-0.05, 0) is 12.8 Å². The second-order valence-corrected chi connectivity index (χ2v) is 3.13. The van der Waals surface area contributed by atoms with Crippen LogP contribution in [-0.2, 0) is 9.53 Å². The standard InChI is InChI=1S/C7H12O3/c1-7(2-3-7)5-10-6(9)4-8/h8H,2-5H2,1H3. The van der Waals surface area contributed by atoms with Gasteiger partial charge in [0.25, 0.3) is 0 Å². The summed E-state index contributed by atoms with van der Waals surface area (Å²) in [6.07, 6.45) is 2.26. The Morgan fingerprint density at radius 3 is 2.70 bits per heavy atom. The minimum atomic E-state index is -0.520. The van der Waals surface area contributed by atoms with Gasteiger partial charge in [-0.2, -0.15) is 0 Å². The molecule has 58 valence electrons. The van der Waals surface area contributed by atoms with E-state index in [1.165, 1.54) is 0 Å². The monoisotopic (exact) mass is 144 g/mol. The number of hydrogen-bond donors (Lipinski definition) is 1. The lowest BCUT2D eigenvalue weighted by molar-refractivity contribution is -0.148. The average Bonchev–Trinajstić information content (AvgIpc) is 2.64. The van der Waals surface area contributed by atoms with Gasteiger partial charge < -0.3 is 9.84 Å². The van der Waals surface area contributed by atoms with Gasteiger partial charge >= 0.3 is 5.97 Å². The van der Waals surface area contributed by atoms with E-state index in [0.29, 0.717) is 6.61 Å². The van der Waals surface area contributed by atoms with Gasteiger partial charge in [-0.25, -0.2) is 4.79 Å². The maximum Gasteiger partial charge on any atom is 0.331 e. The normalized spacial score (nSPS) is 20.2. The molecule has 0 aromatic heterocycles. The Morgan fingerprint density at radius 1 is 1.70 bits per heavy atom. The van der Waals surface area contributed by atoms with Crippen LogP contribution >= 0.6 is 0 Å². The van der Waals surface area contributed by atoms with Crippen molar-refractivity contribution in [3.63, 3.8) is 0 Å². The first-order valence-electron chi connectivity index (χ1n) is 3.43. The SMILES string of the molecule is CC1(COC(=O)CO)CC1. The van der Waals surface area contributed by atoms with Gasteiger partial charge in [-0.15, -0.1) is 0 Å². The number of carbonyl (C=O) groups is 1. The van der Waals surface area contributed by atoms with E-state index < -0.39 is 12.6 Å². The lowest BCUT2D eigenvalue weighted by atomic mass is 10.2. The molecule has 0 aromatic carbocycles. The summed E-state index contributed by atoms with van der Waals surface area (Å²) in [6, 6.07) is 0. The van der Waals surface area contributed by atoms with Crippen LogP contribution in [0.1, 0.15) is 19.8 Å². The first-order chi connectivity index (χ1) is 4.66. The molecule has 1 aliphatic carbocycles. The van der Waals surface area contributed by atoms with E-state index in [-0.39, 0.29) is 5.41 Å². The van der Waals surface area contributed by atoms with Crippen LogP contribution in [0.15, 0.2) is 0 Å². The molecule has 1 aliphatic rings. The van der Waals surface area contributed by atoms with E-state index >= 15 is 0 Å². The largest absolute Gasteiger partial charge is 0.463 e. The molecule has 0 bridgehead atoms. The van der Waals surface area contributed by atoms with Crippen LogP contribution in [0.25, 0.3) is 0 Å². The predicted molar refractivity (Wildman–Crippen MR) is 35.4 cm³/mol. The number of esters is 1. The average molecular weight is 144 g/mol. The molecule has 10 heavy (non-hydrogen) atoms. The Labute approximate surface area is 60.0 Å². The van der Waals surface area contributed by atoms with Crippen molar-refractivity contribution < 1.29 is 14.6 Å². The first-order valence-corrected chi connectivity index (χ1v) is 3.43. The zero-order valence-electron chi connectivity index (χ0n) is 6.09. The van der Waals surface area contributed by atoms with Crippen LogP contribution in [0.5, 0.6) is 0 Å². The van der Waals surface area contributed by atoms with E-state index in [9.17, 15) is 4.79 Å². The molecule has 0 aliphatic heterocycles. The van der Waals surface area contributed by atoms with Crippen molar-refractivity contribution in [1.29, 1.82) is 0 Å². The number of carbonyl (C=O) groups excluding carboxylic acids is 1. The topological polar surface area (TPSA) is 46.5 Å². The Bertz CT molecular complexity index is 138. The molecule has 0 unspecified atom stereocenters. The second kappa shape index (κ2) is 2.58. The lowest BCUT2D eigenvalue weighted by Gasteiger charge is -2.07. The number of rotatable bonds is 3. The highest BCUT2D eigenvalue weighted by atomic mass is 16.5. The Hall–Kier alpha value is -0.570. The minimum Gasteiger partial charge on any atom is -0.463 e. The van der Waals surface area contributed by atoms with Gasteiger partial charge in [0.15, 0.2) is 0 Å². The van der Waals surface area contributed by atoms with Crippen LogP contribution in [0.3, 0.4) is 0 Å². The van der Waals surface area contributed by atoms with Crippen molar-refractivity contribution in [2.45, 2.75) is 19.8 Å². The van der Waals surface area contributed by atoms with Gasteiger partial charge in [-0.3, -0.25) is 0 Å². The fourth-order valence-corrected chi connectivity index (χ4v) is 0.658. The number of aliphatic hydroxyl groups is 1. The van der Waals surface area contributed by atoms with Crippen LogP contribution in [0.2, 0.25) is 0 Å². The molecule has 0 radical (unpaired) electrons. The van der Waals surface area contributed by atoms with E-state index in [1.54, 1.807) is 0 Å². The summed E-state index contributed by atoms with van der Waals surface area (Å²) in [5.74, 6) is -0.520. The number of hydrogen-bond acceptors (Lipinski definition) is 3. The maximum atomic E-state index is 10.4. The molecule has 3 nitrogen and oxygen atoms in total. The maximum absolute atomic E-state index is 10.4. The quantitative estimate of drug-likeness (QED) is 0.580. The molecule has 0 saturated heterocycles. The van der Waals surface area contributed by atoms with Crippen molar-refractivity contribution in [2.24, 2.45) is 5.41 Å². The number of aliphatic hydroxyl groups excluding tert-OH is 1. The number of ether oxygens (including phenoxy) is 1. The Balaban J connectivity index is 2.10. The van der Waals surface area contributed by atoms with Gasteiger partial charge in [0.05, 0.1) is 6.61 Å². The van der Waals surface area contributed by atoms with Crippen LogP contribution in [0.4, 0.5) is 0 Å². The van der Waals surface area contributed by atoms with Gasteiger partial charge in [-0.1, -0.05) is 6.92 Å². The highest BCUT2D eigenvalue weighted by Gasteiger charge is 2.38. The summed E-state index contributed by atoms with van der Waals surface area (Å²) in [7, 11) is 0. The zero-order chi connectivity index (χ0) is 7.61. The molecule has 1 fully saturated rings. The van der Waals surface area contributed by atoms with Gasteiger partial charge in [0.2, 0.25) is 0 Å². The highest BCUT2D eigenvalue weighted by molar-refractivity contribution is 5.70. The van der Waals surface area contributed by atoms with E-state index in [4.69, 9.17) is 9.84 Å². The zero-order valence-corrected chi connectivity index (χ0v) is 6.09. The lowest BCUT2D eigenvalue weighted by Crippen LogP contribution is -2.14. The van der Waals surface area contributed by atoms with Crippen LogP contribution in [-0.4, -0.2) is 24.3 Å². The van der Waals surface area contributed by atoms with Gasteiger partial charge in [0.1, 0.15) is 6.61 Å². The van der Waals surface area contributed by atoms with Crippen molar-refractivity contribution in [2.75, 3.05) is 13.2 Å². The summed E-state index contributed by atoms with van der Waals surface area (Å²) < 4.78 is 4.73. The van der Waals surface area contributed by atoms with Gasteiger partial charge in [0, 0.05) is 5.41 Å². The fraction of sp³-hybridized carbons (Fsp3) is 0.857. The molecule has 1 saturated carbocycles. The van der Waals surface area contributed by atoms with Crippen molar-refractivity contribution in [3.05, 3.63) is 0 Å². The third-order valence-corrected chi connectivity index (χ3v) is 1.81. The van der Waals surface area contributed by atoms with Crippen molar-refractivity contribution in [1.82, 2.24) is 0 Å². The molecule has 0 spiro atoms. The summed E-state index contributed by atoms with van der Waals surface area (Å²) in [5, 5.41) is 8.28. The molecule has 3 heteroatoms. The predicted octanol–water partition coefficient (Wildman–Crippen LogP) is 0.322. The van der Waals surface area contributed by atoms with E-state index in [2.05, 4.69) is 6.92 Å². The summed E-state index contributed by atoms with van der Waals surface area (Å²) in [6.45, 7) is 2.03. The second-order valence-electron chi connectivity index (χ2n) is 3.13. The molecule has 1 N–H and O–H groups in total. The highest BCUT2D eigenvalue weighted by Crippen LogP contribution is 2.44.